The maximum Gasteiger partial charge on any atom is 0.319 e. The molecule has 6 rings (SSSR count). The number of carboxylic acids is 1. The van der Waals surface area contributed by atoms with Gasteiger partial charge in [-0.15, -0.1) is 0 Å². The number of nitrogens with zero attached hydrogens (tertiary/aromatic N) is 2. The topological polar surface area (TPSA) is 183 Å². The van der Waals surface area contributed by atoms with Gasteiger partial charge in [0.15, 0.2) is 0 Å². The number of nitrogens with one attached hydrogen (secondary N) is 4. The number of aryl methyl sites for hydroxylation is 1. The van der Waals surface area contributed by atoms with Crippen molar-refractivity contribution in [3.05, 3.63) is 88.7 Å². The van der Waals surface area contributed by atoms with E-state index in [-0.39, 0.29) is 48.3 Å². The molecule has 2 aliphatic rings. The van der Waals surface area contributed by atoms with Crippen molar-refractivity contribution in [3.63, 3.8) is 0 Å². The molecule has 3 amide bonds. The number of hydrogen-bond acceptors (Lipinski definition) is 7. The first-order valence-electron chi connectivity index (χ1n) is 16.8. The molecular weight excluding hydrogens is 660 g/mol. The molecule has 0 radical (unpaired) electrons. The van der Waals surface area contributed by atoms with Crippen molar-refractivity contribution in [3.8, 4) is 22.5 Å². The number of amides is 3. The summed E-state index contributed by atoms with van der Waals surface area (Å²) in [5, 5.41) is 17.8. The molecule has 1 aliphatic heterocycles. The van der Waals surface area contributed by atoms with E-state index in [0.717, 1.165) is 25.7 Å². The Balaban J connectivity index is 0.000000556. The summed E-state index contributed by atoms with van der Waals surface area (Å²) < 4.78 is 27.5. The number of nitrogens with two attached hydrogens (primary N) is 1. The van der Waals surface area contributed by atoms with E-state index < -0.39 is 23.1 Å². The van der Waals surface area contributed by atoms with E-state index in [4.69, 9.17) is 5.73 Å². The number of aromatic nitrogens is 2. The molecule has 51 heavy (non-hydrogen) atoms. The zero-order valence-corrected chi connectivity index (χ0v) is 28.7. The lowest BCUT2D eigenvalue weighted by Gasteiger charge is -2.35. The van der Waals surface area contributed by atoms with Crippen LogP contribution in [-0.2, 0) is 16.1 Å². The number of anilines is 2. The van der Waals surface area contributed by atoms with Gasteiger partial charge < -0.3 is 36.7 Å². The van der Waals surface area contributed by atoms with Crippen LogP contribution in [0.3, 0.4) is 0 Å². The Hall–Kier alpha value is -5.63. The maximum absolute atomic E-state index is 15.4. The van der Waals surface area contributed by atoms with E-state index in [1.165, 1.54) is 36.4 Å². The summed E-state index contributed by atoms with van der Waals surface area (Å²) in [5.74, 6) is -3.01. The standard InChI is InChI=1S/C31H35FN6O5.C6H6FN/c1-4-38(5-2)14-13-33-28(40)25-17(3)35-26(37-25)21-10-9-19(22-16-34-27(39)24(21)22)20-8-7-18(15-23(20)32)36-29(41)31(30(42)43)11-6-12-31;7-5-1-3-6(8)4-2-5/h7-10,15H,4-6,11-14,16H2,1-3H3,(H,33,40)(H,34,39)(H,35,37)(H,36,41)(H,42,43);1-4H,8H2. The Kier molecular flexibility index (Phi) is 11.1. The fourth-order valence-electron chi connectivity index (χ4n) is 6.16. The van der Waals surface area contributed by atoms with Crippen molar-refractivity contribution in [1.29, 1.82) is 0 Å². The van der Waals surface area contributed by atoms with Crippen LogP contribution in [-0.4, -0.2) is 69.8 Å². The lowest BCUT2D eigenvalue weighted by atomic mass is 9.68. The van der Waals surface area contributed by atoms with Crippen LogP contribution in [0.25, 0.3) is 22.5 Å². The second-order valence-electron chi connectivity index (χ2n) is 12.5. The Labute approximate surface area is 293 Å². The Morgan fingerprint density at radius 3 is 2.25 bits per heavy atom. The number of aliphatic carboxylic acids is 1. The Bertz CT molecular complexity index is 1930. The van der Waals surface area contributed by atoms with Gasteiger partial charge in [-0.3, -0.25) is 19.2 Å². The molecular formula is C37H41F2N7O5. The molecule has 14 heteroatoms. The van der Waals surface area contributed by atoms with Crippen LogP contribution < -0.4 is 21.7 Å². The molecule has 1 fully saturated rings. The largest absolute Gasteiger partial charge is 0.480 e. The molecule has 0 spiro atoms. The highest BCUT2D eigenvalue weighted by Crippen LogP contribution is 2.42. The fourth-order valence-corrected chi connectivity index (χ4v) is 6.16. The predicted molar refractivity (Wildman–Crippen MR) is 189 cm³/mol. The number of carboxylic acid groups (broad SMARTS) is 1. The normalized spacial score (nSPS) is 14.1. The lowest BCUT2D eigenvalue weighted by Crippen LogP contribution is -2.48. The minimum Gasteiger partial charge on any atom is -0.480 e. The molecule has 1 saturated carbocycles. The molecule has 1 aliphatic carbocycles. The van der Waals surface area contributed by atoms with E-state index in [1.807, 2.05) is 0 Å². The molecule has 12 nitrogen and oxygen atoms in total. The van der Waals surface area contributed by atoms with Crippen molar-refractivity contribution >= 4 is 35.1 Å². The van der Waals surface area contributed by atoms with Gasteiger partial charge in [-0.1, -0.05) is 26.3 Å². The van der Waals surface area contributed by atoms with Gasteiger partial charge in [-0.25, -0.2) is 13.8 Å². The van der Waals surface area contributed by atoms with Gasteiger partial charge in [-0.2, -0.15) is 0 Å². The first-order chi connectivity index (χ1) is 24.4. The van der Waals surface area contributed by atoms with E-state index in [9.17, 15) is 28.7 Å². The minimum absolute atomic E-state index is 0.148. The first-order valence-corrected chi connectivity index (χ1v) is 16.8. The van der Waals surface area contributed by atoms with Crippen LogP contribution in [0.1, 0.15) is 65.2 Å². The van der Waals surface area contributed by atoms with E-state index in [1.54, 1.807) is 19.1 Å². The van der Waals surface area contributed by atoms with Gasteiger partial charge in [0.05, 0.1) is 11.3 Å². The maximum atomic E-state index is 15.4. The number of carbonyl (C=O) groups excluding carboxylic acids is 3. The summed E-state index contributed by atoms with van der Waals surface area (Å²) in [4.78, 5) is 59.9. The number of H-pyrrole nitrogens is 1. The molecule has 1 aromatic heterocycles. The van der Waals surface area contributed by atoms with Gasteiger partial charge in [0, 0.05) is 42.1 Å². The molecule has 2 heterocycles. The predicted octanol–water partition coefficient (Wildman–Crippen LogP) is 5.11. The van der Waals surface area contributed by atoms with Crippen LogP contribution in [0.15, 0.2) is 54.6 Å². The molecule has 7 N–H and O–H groups in total. The van der Waals surface area contributed by atoms with E-state index >= 15 is 4.39 Å². The smallest absolute Gasteiger partial charge is 0.319 e. The highest BCUT2D eigenvalue weighted by Gasteiger charge is 2.51. The monoisotopic (exact) mass is 701 g/mol. The van der Waals surface area contributed by atoms with E-state index in [0.29, 0.717) is 58.1 Å². The zero-order valence-electron chi connectivity index (χ0n) is 28.7. The third kappa shape index (κ3) is 7.75. The van der Waals surface area contributed by atoms with Gasteiger partial charge in [-0.05, 0) is 92.5 Å². The number of nitrogen functional groups attached to an aromatic ring is 1. The number of rotatable bonds is 11. The second kappa shape index (κ2) is 15.5. The Morgan fingerprint density at radius 1 is 1.00 bits per heavy atom. The number of halogens is 2. The summed E-state index contributed by atoms with van der Waals surface area (Å²) in [6.45, 7) is 9.00. The number of hydrogen-bond donors (Lipinski definition) is 6. The summed E-state index contributed by atoms with van der Waals surface area (Å²) in [7, 11) is 0. The van der Waals surface area contributed by atoms with Gasteiger partial charge in [0.2, 0.25) is 5.91 Å². The third-order valence-electron chi connectivity index (χ3n) is 9.38. The van der Waals surface area contributed by atoms with Crippen LogP contribution in [0, 0.1) is 24.0 Å². The Morgan fingerprint density at radius 2 is 1.67 bits per heavy atom. The molecule has 3 aromatic carbocycles. The second-order valence-corrected chi connectivity index (χ2v) is 12.5. The van der Waals surface area contributed by atoms with Crippen molar-refractivity contribution in [2.45, 2.75) is 46.6 Å². The highest BCUT2D eigenvalue weighted by molar-refractivity contribution is 6.09. The number of aromatic amines is 1. The van der Waals surface area contributed by atoms with Gasteiger partial charge >= 0.3 is 5.97 Å². The average Bonchev–Trinajstić information content (AvgIpc) is 3.66. The van der Waals surface area contributed by atoms with Crippen molar-refractivity contribution in [1.82, 2.24) is 25.5 Å². The first kappa shape index (κ1) is 36.6. The summed E-state index contributed by atoms with van der Waals surface area (Å²) in [5.41, 5.74) is 7.43. The lowest BCUT2D eigenvalue weighted by molar-refractivity contribution is -0.159. The molecule has 0 unspecified atom stereocenters. The quantitative estimate of drug-likeness (QED) is 0.0922. The highest BCUT2D eigenvalue weighted by atomic mass is 19.1. The van der Waals surface area contributed by atoms with Crippen LogP contribution in [0.5, 0.6) is 0 Å². The van der Waals surface area contributed by atoms with Gasteiger partial charge in [0.1, 0.15) is 28.6 Å². The van der Waals surface area contributed by atoms with E-state index in [2.05, 4.69) is 44.7 Å². The molecule has 0 saturated heterocycles. The number of likely N-dealkylation sites (N-methyl/N-ethyl adjacent to an activating group) is 1. The summed E-state index contributed by atoms with van der Waals surface area (Å²) in [6.07, 6.45) is 1.13. The zero-order chi connectivity index (χ0) is 36.9. The third-order valence-corrected chi connectivity index (χ3v) is 9.38. The minimum atomic E-state index is -1.48. The summed E-state index contributed by atoms with van der Waals surface area (Å²) >= 11 is 0. The fraction of sp³-hybridized carbons (Fsp3) is 0.324. The SMILES string of the molecule is CCN(CC)CCNC(=O)c1[nH]c(-c2ccc(-c3ccc(NC(=O)C4(C(=O)O)CCC4)cc3F)c3c2C(=O)NC3)nc1C.Nc1ccc(F)cc1. The van der Waals surface area contributed by atoms with Crippen LogP contribution in [0.4, 0.5) is 20.2 Å². The molecule has 268 valence electrons. The van der Waals surface area contributed by atoms with Crippen molar-refractivity contribution in [2.24, 2.45) is 5.41 Å². The number of fused-ring (bicyclic) bond motifs is 1. The number of carbonyl (C=O) groups is 4. The molecule has 0 atom stereocenters. The van der Waals surface area contributed by atoms with Crippen molar-refractivity contribution in [2.75, 3.05) is 37.2 Å². The molecule has 0 bridgehead atoms. The number of benzene rings is 3. The van der Waals surface area contributed by atoms with Gasteiger partial charge in [0.25, 0.3) is 11.8 Å². The van der Waals surface area contributed by atoms with Crippen LogP contribution >= 0.6 is 0 Å². The van der Waals surface area contributed by atoms with Crippen LogP contribution in [0.2, 0.25) is 0 Å². The van der Waals surface area contributed by atoms with Crippen molar-refractivity contribution < 1.29 is 33.1 Å². The number of imidazole rings is 1. The average molecular weight is 702 g/mol. The summed E-state index contributed by atoms with van der Waals surface area (Å²) in [6, 6.07) is 13.2. The molecule has 4 aromatic rings.